The number of hydrogen-bond donors (Lipinski definition) is 0. The van der Waals surface area contributed by atoms with Gasteiger partial charge in [-0.25, -0.2) is 9.37 Å². The standard InChI is InChI=1S/C18H20FN5/c1-12-7-9-23(10-8-12)17-16(14-5-3-4-6-15(14)19)13(2)22-18-20-11-21-24(17)18/h3-6,11-12H,7-10H2,1-2H3. The first-order chi connectivity index (χ1) is 11.6. The summed E-state index contributed by atoms with van der Waals surface area (Å²) in [7, 11) is 0. The molecule has 1 aromatic carbocycles. The van der Waals surface area contributed by atoms with Crippen LogP contribution < -0.4 is 4.90 Å². The van der Waals surface area contributed by atoms with Gasteiger partial charge in [0.25, 0.3) is 5.78 Å². The third kappa shape index (κ3) is 2.42. The Morgan fingerprint density at radius 1 is 1.17 bits per heavy atom. The van der Waals surface area contributed by atoms with E-state index in [0.717, 1.165) is 43.0 Å². The first-order valence-electron chi connectivity index (χ1n) is 8.35. The fourth-order valence-electron chi connectivity index (χ4n) is 3.43. The second-order valence-corrected chi connectivity index (χ2v) is 6.52. The van der Waals surface area contributed by atoms with Crippen molar-refractivity contribution in [2.75, 3.05) is 18.0 Å². The zero-order valence-electron chi connectivity index (χ0n) is 13.9. The number of anilines is 1. The van der Waals surface area contributed by atoms with Crippen LogP contribution in [0.4, 0.5) is 10.2 Å². The fraction of sp³-hybridized carbons (Fsp3) is 0.389. The lowest BCUT2D eigenvalue weighted by Crippen LogP contribution is -2.35. The number of fused-ring (bicyclic) bond motifs is 1. The Bertz CT molecular complexity index is 880. The first-order valence-corrected chi connectivity index (χ1v) is 8.35. The minimum absolute atomic E-state index is 0.242. The average Bonchev–Trinajstić information content (AvgIpc) is 3.03. The van der Waals surface area contributed by atoms with Crippen molar-refractivity contribution in [3.63, 3.8) is 0 Å². The van der Waals surface area contributed by atoms with Crippen molar-refractivity contribution in [1.82, 2.24) is 19.6 Å². The summed E-state index contributed by atoms with van der Waals surface area (Å²) in [5.74, 6) is 1.93. The molecule has 1 aliphatic rings. The monoisotopic (exact) mass is 325 g/mol. The van der Waals surface area contributed by atoms with Crippen molar-refractivity contribution in [1.29, 1.82) is 0 Å². The van der Waals surface area contributed by atoms with Gasteiger partial charge in [-0.2, -0.15) is 14.6 Å². The van der Waals surface area contributed by atoms with Crippen LogP contribution in [0.15, 0.2) is 30.6 Å². The molecule has 124 valence electrons. The van der Waals surface area contributed by atoms with Gasteiger partial charge in [-0.05, 0) is 31.7 Å². The highest BCUT2D eigenvalue weighted by Crippen LogP contribution is 2.36. The molecule has 1 fully saturated rings. The van der Waals surface area contributed by atoms with Crippen LogP contribution in [0.25, 0.3) is 16.9 Å². The van der Waals surface area contributed by atoms with Crippen LogP contribution in [0.5, 0.6) is 0 Å². The summed E-state index contributed by atoms with van der Waals surface area (Å²) in [5.41, 5.74) is 2.14. The highest BCUT2D eigenvalue weighted by atomic mass is 19.1. The molecule has 24 heavy (non-hydrogen) atoms. The molecule has 0 unspecified atom stereocenters. The lowest BCUT2D eigenvalue weighted by molar-refractivity contribution is 0.435. The van der Waals surface area contributed by atoms with Crippen molar-refractivity contribution in [3.05, 3.63) is 42.1 Å². The highest BCUT2D eigenvalue weighted by Gasteiger charge is 2.25. The number of benzene rings is 1. The van der Waals surface area contributed by atoms with Gasteiger partial charge in [0, 0.05) is 24.2 Å². The molecule has 0 aliphatic carbocycles. The molecule has 2 aromatic heterocycles. The van der Waals surface area contributed by atoms with E-state index < -0.39 is 0 Å². The van der Waals surface area contributed by atoms with Gasteiger partial charge in [0.2, 0.25) is 0 Å². The maximum Gasteiger partial charge on any atom is 0.254 e. The highest BCUT2D eigenvalue weighted by molar-refractivity contribution is 5.80. The molecule has 0 atom stereocenters. The average molecular weight is 325 g/mol. The summed E-state index contributed by atoms with van der Waals surface area (Å²) in [4.78, 5) is 11.0. The lowest BCUT2D eigenvalue weighted by Gasteiger charge is -2.33. The summed E-state index contributed by atoms with van der Waals surface area (Å²) in [6, 6.07) is 6.85. The summed E-state index contributed by atoms with van der Waals surface area (Å²) < 4.78 is 16.2. The van der Waals surface area contributed by atoms with Crippen molar-refractivity contribution in [2.24, 2.45) is 5.92 Å². The topological polar surface area (TPSA) is 46.3 Å². The van der Waals surface area contributed by atoms with Gasteiger partial charge in [-0.15, -0.1) is 0 Å². The minimum Gasteiger partial charge on any atom is -0.356 e. The third-order valence-electron chi connectivity index (χ3n) is 4.81. The second kappa shape index (κ2) is 5.85. The van der Waals surface area contributed by atoms with E-state index in [1.54, 1.807) is 16.6 Å². The van der Waals surface area contributed by atoms with Gasteiger partial charge in [-0.3, -0.25) is 0 Å². The van der Waals surface area contributed by atoms with Gasteiger partial charge < -0.3 is 4.90 Å². The van der Waals surface area contributed by atoms with E-state index in [-0.39, 0.29) is 5.82 Å². The summed E-state index contributed by atoms with van der Waals surface area (Å²) >= 11 is 0. The third-order valence-corrected chi connectivity index (χ3v) is 4.81. The number of aromatic nitrogens is 4. The van der Waals surface area contributed by atoms with Gasteiger partial charge in [0.15, 0.2) is 0 Å². The molecular formula is C18H20FN5. The molecule has 3 heterocycles. The number of hydrogen-bond acceptors (Lipinski definition) is 4. The van der Waals surface area contributed by atoms with E-state index in [1.807, 2.05) is 13.0 Å². The Morgan fingerprint density at radius 3 is 2.67 bits per heavy atom. The number of halogens is 1. The Labute approximate surface area is 140 Å². The van der Waals surface area contributed by atoms with Crippen LogP contribution in [0.2, 0.25) is 0 Å². The largest absolute Gasteiger partial charge is 0.356 e. The van der Waals surface area contributed by atoms with E-state index in [4.69, 9.17) is 0 Å². The normalized spacial score (nSPS) is 16.0. The molecule has 5 nitrogen and oxygen atoms in total. The zero-order chi connectivity index (χ0) is 16.7. The van der Waals surface area contributed by atoms with Crippen LogP contribution in [0.3, 0.4) is 0 Å². The SMILES string of the molecule is Cc1nc2ncnn2c(N2CCC(C)CC2)c1-c1ccccc1F. The molecule has 0 N–H and O–H groups in total. The predicted octanol–water partition coefficient (Wildman–Crippen LogP) is 3.48. The van der Waals surface area contributed by atoms with Crippen LogP contribution in [-0.4, -0.2) is 32.7 Å². The van der Waals surface area contributed by atoms with E-state index in [1.165, 1.54) is 12.4 Å². The molecule has 0 amide bonds. The number of aryl methyl sites for hydroxylation is 1. The number of rotatable bonds is 2. The molecule has 0 saturated carbocycles. The molecule has 1 saturated heterocycles. The zero-order valence-corrected chi connectivity index (χ0v) is 13.9. The number of piperidine rings is 1. The maximum absolute atomic E-state index is 14.5. The fourth-order valence-corrected chi connectivity index (χ4v) is 3.43. The molecule has 6 heteroatoms. The summed E-state index contributed by atoms with van der Waals surface area (Å²) in [6.45, 7) is 6.05. The van der Waals surface area contributed by atoms with Crippen molar-refractivity contribution in [2.45, 2.75) is 26.7 Å². The van der Waals surface area contributed by atoms with Crippen LogP contribution in [0.1, 0.15) is 25.5 Å². The van der Waals surface area contributed by atoms with Gasteiger partial charge >= 0.3 is 0 Å². The van der Waals surface area contributed by atoms with Gasteiger partial charge in [0.1, 0.15) is 18.0 Å². The van der Waals surface area contributed by atoms with Crippen molar-refractivity contribution < 1.29 is 4.39 Å². The Hall–Kier alpha value is -2.50. The summed E-state index contributed by atoms with van der Waals surface area (Å²) in [5, 5.41) is 4.35. The number of nitrogens with zero attached hydrogens (tertiary/aromatic N) is 5. The lowest BCUT2D eigenvalue weighted by atomic mass is 9.97. The van der Waals surface area contributed by atoms with E-state index in [2.05, 4.69) is 26.9 Å². The van der Waals surface area contributed by atoms with E-state index in [0.29, 0.717) is 17.3 Å². The Morgan fingerprint density at radius 2 is 1.92 bits per heavy atom. The van der Waals surface area contributed by atoms with Gasteiger partial charge in [-0.1, -0.05) is 25.1 Å². The molecule has 0 spiro atoms. The van der Waals surface area contributed by atoms with Crippen LogP contribution >= 0.6 is 0 Å². The molecule has 1 aliphatic heterocycles. The van der Waals surface area contributed by atoms with E-state index >= 15 is 0 Å². The van der Waals surface area contributed by atoms with Crippen molar-refractivity contribution >= 4 is 11.6 Å². The molecular weight excluding hydrogens is 305 g/mol. The maximum atomic E-state index is 14.5. The minimum atomic E-state index is -0.242. The molecule has 0 bridgehead atoms. The molecule has 0 radical (unpaired) electrons. The van der Waals surface area contributed by atoms with Crippen molar-refractivity contribution in [3.8, 4) is 11.1 Å². The molecule has 3 aromatic rings. The Kier molecular flexibility index (Phi) is 3.67. The predicted molar refractivity (Wildman–Crippen MR) is 91.5 cm³/mol. The molecule has 4 rings (SSSR count). The second-order valence-electron chi connectivity index (χ2n) is 6.52. The first kappa shape index (κ1) is 15.1. The quantitative estimate of drug-likeness (QED) is 0.724. The summed E-state index contributed by atoms with van der Waals surface area (Å²) in [6.07, 6.45) is 3.74. The smallest absolute Gasteiger partial charge is 0.254 e. The Balaban J connectivity index is 1.97. The van der Waals surface area contributed by atoms with Gasteiger partial charge in [0.05, 0.1) is 5.69 Å². The van der Waals surface area contributed by atoms with E-state index in [9.17, 15) is 4.39 Å². The van der Waals surface area contributed by atoms with Crippen LogP contribution in [0, 0.1) is 18.7 Å². The van der Waals surface area contributed by atoms with Crippen LogP contribution in [-0.2, 0) is 0 Å².